The summed E-state index contributed by atoms with van der Waals surface area (Å²) in [5.74, 6) is 1.79. The van der Waals surface area contributed by atoms with E-state index in [1.54, 1.807) is 0 Å². The van der Waals surface area contributed by atoms with Crippen molar-refractivity contribution in [3.8, 4) is 0 Å². The Bertz CT molecular complexity index is 368. The molecule has 0 aromatic rings. The second-order valence-corrected chi connectivity index (χ2v) is 7.76. The fourth-order valence-electron chi connectivity index (χ4n) is 4.06. The third-order valence-corrected chi connectivity index (χ3v) is 5.57. The van der Waals surface area contributed by atoms with Gasteiger partial charge < -0.3 is 20.4 Å². The monoisotopic (exact) mass is 351 g/mol. The van der Waals surface area contributed by atoms with Gasteiger partial charge in [0.1, 0.15) is 0 Å². The summed E-state index contributed by atoms with van der Waals surface area (Å²) in [6, 6.07) is 0.581. The van der Waals surface area contributed by atoms with Crippen molar-refractivity contribution in [2.45, 2.75) is 65.3 Å². The minimum Gasteiger partial charge on any atom is -0.357 e. The molecule has 2 aliphatic heterocycles. The van der Waals surface area contributed by atoms with Gasteiger partial charge in [-0.3, -0.25) is 4.99 Å². The summed E-state index contributed by atoms with van der Waals surface area (Å²) >= 11 is 0. The standard InChI is InChI=1S/C20H41N5/c1-4-11-24-13-7-18(8-14-24)17-22-20(21-6-3)23-19-9-15-25(12-5-2)16-10-19/h18-19H,4-17H2,1-3H3,(H2,21,22,23). The minimum atomic E-state index is 0.581. The van der Waals surface area contributed by atoms with E-state index >= 15 is 0 Å². The molecule has 2 saturated heterocycles. The quantitative estimate of drug-likeness (QED) is 0.521. The van der Waals surface area contributed by atoms with Crippen LogP contribution in [0.5, 0.6) is 0 Å². The number of aliphatic imine (C=N–C) groups is 1. The van der Waals surface area contributed by atoms with Gasteiger partial charge in [0.2, 0.25) is 0 Å². The van der Waals surface area contributed by atoms with E-state index in [0.29, 0.717) is 6.04 Å². The van der Waals surface area contributed by atoms with E-state index in [1.165, 1.54) is 77.8 Å². The molecule has 0 bridgehead atoms. The molecule has 5 heteroatoms. The number of nitrogens with one attached hydrogen (secondary N) is 2. The van der Waals surface area contributed by atoms with Crippen LogP contribution < -0.4 is 10.6 Å². The summed E-state index contributed by atoms with van der Waals surface area (Å²) in [6.07, 6.45) is 7.61. The first-order valence-electron chi connectivity index (χ1n) is 10.7. The van der Waals surface area contributed by atoms with Crippen LogP contribution in [0.1, 0.15) is 59.3 Å². The number of rotatable bonds is 8. The van der Waals surface area contributed by atoms with Crippen LogP contribution in [0, 0.1) is 5.92 Å². The van der Waals surface area contributed by atoms with Crippen molar-refractivity contribution in [3.05, 3.63) is 0 Å². The Kier molecular flexibility index (Phi) is 9.63. The molecule has 0 saturated carbocycles. The predicted molar refractivity (Wildman–Crippen MR) is 108 cm³/mol. The van der Waals surface area contributed by atoms with Crippen LogP contribution >= 0.6 is 0 Å². The van der Waals surface area contributed by atoms with Gasteiger partial charge in [0, 0.05) is 32.2 Å². The molecule has 25 heavy (non-hydrogen) atoms. The Morgan fingerprint density at radius 2 is 1.44 bits per heavy atom. The summed E-state index contributed by atoms with van der Waals surface area (Å²) in [7, 11) is 0. The molecular weight excluding hydrogens is 310 g/mol. The fraction of sp³-hybridized carbons (Fsp3) is 0.950. The van der Waals surface area contributed by atoms with Gasteiger partial charge in [0.05, 0.1) is 0 Å². The molecule has 2 aliphatic rings. The summed E-state index contributed by atoms with van der Waals surface area (Å²) in [4.78, 5) is 10.1. The first-order valence-corrected chi connectivity index (χ1v) is 10.7. The maximum Gasteiger partial charge on any atom is 0.191 e. The number of guanidine groups is 1. The summed E-state index contributed by atoms with van der Waals surface area (Å²) < 4.78 is 0. The van der Waals surface area contributed by atoms with Crippen molar-refractivity contribution in [2.24, 2.45) is 10.9 Å². The molecule has 5 nitrogen and oxygen atoms in total. The minimum absolute atomic E-state index is 0.581. The summed E-state index contributed by atoms with van der Waals surface area (Å²) in [5, 5.41) is 7.14. The smallest absolute Gasteiger partial charge is 0.191 e. The molecule has 0 atom stereocenters. The predicted octanol–water partition coefficient (Wildman–Crippen LogP) is 2.54. The molecule has 0 amide bonds. The van der Waals surface area contributed by atoms with E-state index < -0.39 is 0 Å². The van der Waals surface area contributed by atoms with Gasteiger partial charge in [-0.25, -0.2) is 0 Å². The van der Waals surface area contributed by atoms with Gasteiger partial charge >= 0.3 is 0 Å². The van der Waals surface area contributed by atoms with Crippen molar-refractivity contribution >= 4 is 5.96 Å². The van der Waals surface area contributed by atoms with Crippen LogP contribution in [0.3, 0.4) is 0 Å². The molecule has 0 spiro atoms. The van der Waals surface area contributed by atoms with E-state index in [9.17, 15) is 0 Å². The Morgan fingerprint density at radius 1 is 0.880 bits per heavy atom. The van der Waals surface area contributed by atoms with Crippen molar-refractivity contribution in [3.63, 3.8) is 0 Å². The number of likely N-dealkylation sites (tertiary alicyclic amines) is 2. The van der Waals surface area contributed by atoms with Gasteiger partial charge in [0.15, 0.2) is 5.96 Å². The zero-order chi connectivity index (χ0) is 17.9. The number of nitrogens with zero attached hydrogens (tertiary/aromatic N) is 3. The van der Waals surface area contributed by atoms with E-state index in [0.717, 1.165) is 25.0 Å². The summed E-state index contributed by atoms with van der Waals surface area (Å²) in [6.45, 7) is 16.1. The second kappa shape index (κ2) is 11.7. The third-order valence-electron chi connectivity index (χ3n) is 5.57. The van der Waals surface area contributed by atoms with Crippen molar-refractivity contribution < 1.29 is 0 Å². The van der Waals surface area contributed by atoms with Crippen molar-refractivity contribution in [2.75, 3.05) is 52.4 Å². The van der Waals surface area contributed by atoms with Crippen molar-refractivity contribution in [1.82, 2.24) is 20.4 Å². The lowest BCUT2D eigenvalue weighted by Gasteiger charge is -2.33. The zero-order valence-electron chi connectivity index (χ0n) is 16.9. The fourth-order valence-corrected chi connectivity index (χ4v) is 4.06. The van der Waals surface area contributed by atoms with E-state index in [1.807, 2.05) is 0 Å². The first-order chi connectivity index (χ1) is 12.2. The van der Waals surface area contributed by atoms with Gasteiger partial charge in [-0.15, -0.1) is 0 Å². The Hall–Kier alpha value is -0.810. The largest absolute Gasteiger partial charge is 0.357 e. The SMILES string of the molecule is CCCN1CCC(CN=C(NCC)NC2CCN(CCC)CC2)CC1. The Labute approximate surface area is 155 Å². The van der Waals surface area contributed by atoms with E-state index in [2.05, 4.69) is 41.2 Å². The number of hydrogen-bond acceptors (Lipinski definition) is 3. The van der Waals surface area contributed by atoms with Crippen LogP contribution in [0.2, 0.25) is 0 Å². The molecule has 0 aromatic carbocycles. The maximum atomic E-state index is 4.92. The van der Waals surface area contributed by atoms with Gasteiger partial charge in [-0.05, 0) is 77.5 Å². The number of hydrogen-bond donors (Lipinski definition) is 2. The highest BCUT2D eigenvalue weighted by Crippen LogP contribution is 2.17. The van der Waals surface area contributed by atoms with Crippen LogP contribution in [0.15, 0.2) is 4.99 Å². The molecule has 2 fully saturated rings. The lowest BCUT2D eigenvalue weighted by molar-refractivity contribution is 0.188. The Balaban J connectivity index is 1.73. The van der Waals surface area contributed by atoms with Crippen molar-refractivity contribution in [1.29, 1.82) is 0 Å². The normalized spacial score (nSPS) is 22.3. The van der Waals surface area contributed by atoms with Crippen LogP contribution in [0.4, 0.5) is 0 Å². The second-order valence-electron chi connectivity index (χ2n) is 7.76. The lowest BCUT2D eigenvalue weighted by Crippen LogP contribution is -2.49. The molecule has 2 N–H and O–H groups in total. The number of piperidine rings is 2. The highest BCUT2D eigenvalue weighted by atomic mass is 15.2. The highest BCUT2D eigenvalue weighted by Gasteiger charge is 2.21. The molecule has 0 aromatic heterocycles. The topological polar surface area (TPSA) is 42.9 Å². The first kappa shape index (κ1) is 20.5. The summed E-state index contributed by atoms with van der Waals surface area (Å²) in [5.41, 5.74) is 0. The lowest BCUT2D eigenvalue weighted by atomic mass is 9.97. The highest BCUT2D eigenvalue weighted by molar-refractivity contribution is 5.80. The molecular formula is C20H41N5. The third kappa shape index (κ3) is 7.53. The molecule has 2 heterocycles. The van der Waals surface area contributed by atoms with Crippen LogP contribution in [-0.4, -0.2) is 74.2 Å². The van der Waals surface area contributed by atoms with E-state index in [-0.39, 0.29) is 0 Å². The Morgan fingerprint density at radius 3 is 1.96 bits per heavy atom. The molecule has 146 valence electrons. The molecule has 0 radical (unpaired) electrons. The molecule has 0 unspecified atom stereocenters. The average Bonchev–Trinajstić information content (AvgIpc) is 2.63. The van der Waals surface area contributed by atoms with Crippen LogP contribution in [-0.2, 0) is 0 Å². The maximum absolute atomic E-state index is 4.92. The van der Waals surface area contributed by atoms with Gasteiger partial charge in [-0.2, -0.15) is 0 Å². The van der Waals surface area contributed by atoms with Gasteiger partial charge in [-0.1, -0.05) is 13.8 Å². The van der Waals surface area contributed by atoms with Crippen LogP contribution in [0.25, 0.3) is 0 Å². The zero-order valence-corrected chi connectivity index (χ0v) is 16.9. The van der Waals surface area contributed by atoms with Gasteiger partial charge in [0.25, 0.3) is 0 Å². The molecule has 0 aliphatic carbocycles. The molecule has 2 rings (SSSR count). The van der Waals surface area contributed by atoms with E-state index in [4.69, 9.17) is 4.99 Å². The average molecular weight is 352 g/mol.